The van der Waals surface area contributed by atoms with Crippen LogP contribution >= 0.6 is 0 Å². The van der Waals surface area contributed by atoms with Gasteiger partial charge in [-0.3, -0.25) is 0 Å². The van der Waals surface area contributed by atoms with Crippen molar-refractivity contribution in [3.05, 3.63) is 23.5 Å². The average Bonchev–Trinajstić information content (AvgIpc) is 2.65. The molecular weight excluding hydrogens is 212 g/mol. The zero-order valence-electron chi connectivity index (χ0n) is 11.0. The molecule has 3 heteroatoms. The molecular formula is C14H24N2O. The largest absolute Gasteiger partial charge is 0.361 e. The minimum atomic E-state index is 0.542. The lowest BCUT2D eigenvalue weighted by Gasteiger charge is -2.15. The Labute approximate surface area is 104 Å². The maximum atomic E-state index is 5.47. The molecule has 1 atom stereocenters. The van der Waals surface area contributed by atoms with Gasteiger partial charge in [0, 0.05) is 25.0 Å². The number of fused-ring (bicyclic) bond motifs is 1. The summed E-state index contributed by atoms with van der Waals surface area (Å²) in [5.41, 5.74) is 3.00. The normalized spacial score (nSPS) is 20.0. The van der Waals surface area contributed by atoms with E-state index in [0.29, 0.717) is 12.8 Å². The zero-order chi connectivity index (χ0) is 12.1. The number of ether oxygens (including phenoxy) is 1. The topological polar surface area (TPSA) is 26.2 Å². The highest BCUT2D eigenvalue weighted by Gasteiger charge is 2.19. The van der Waals surface area contributed by atoms with Crippen molar-refractivity contribution in [3.8, 4) is 0 Å². The Hall–Kier alpha value is -0.800. The van der Waals surface area contributed by atoms with E-state index in [9.17, 15) is 0 Å². The van der Waals surface area contributed by atoms with Crippen molar-refractivity contribution in [2.24, 2.45) is 0 Å². The third-order valence-electron chi connectivity index (χ3n) is 3.46. The van der Waals surface area contributed by atoms with E-state index in [1.165, 1.54) is 36.8 Å². The van der Waals surface area contributed by atoms with Gasteiger partial charge in [-0.25, -0.2) is 0 Å². The maximum Gasteiger partial charge on any atom is 0.122 e. The molecule has 0 saturated carbocycles. The Balaban J connectivity index is 2.14. The molecule has 0 fully saturated rings. The smallest absolute Gasteiger partial charge is 0.122 e. The van der Waals surface area contributed by atoms with Gasteiger partial charge in [-0.15, -0.1) is 0 Å². The fourth-order valence-corrected chi connectivity index (χ4v) is 2.65. The molecule has 0 radical (unpaired) electrons. The maximum absolute atomic E-state index is 5.47. The molecule has 3 nitrogen and oxygen atoms in total. The summed E-state index contributed by atoms with van der Waals surface area (Å²) in [6.45, 7) is 6.72. The van der Waals surface area contributed by atoms with E-state index in [0.717, 1.165) is 13.2 Å². The van der Waals surface area contributed by atoms with Crippen LogP contribution in [0.1, 0.15) is 50.3 Å². The number of hydrogen-bond acceptors (Lipinski definition) is 2. The molecule has 96 valence electrons. The molecule has 1 aromatic rings. The number of hydrogen-bond donors (Lipinski definition) is 1. The van der Waals surface area contributed by atoms with Crippen LogP contribution in [0.4, 0.5) is 0 Å². The van der Waals surface area contributed by atoms with Gasteiger partial charge in [-0.2, -0.15) is 0 Å². The minimum absolute atomic E-state index is 0.542. The molecule has 1 aliphatic rings. The van der Waals surface area contributed by atoms with Crippen LogP contribution in [0, 0.1) is 0 Å². The summed E-state index contributed by atoms with van der Waals surface area (Å²) in [5, 5.41) is 3.60. The molecule has 1 N–H and O–H groups in total. The lowest BCUT2D eigenvalue weighted by Crippen LogP contribution is -2.20. The Morgan fingerprint density at radius 3 is 3.00 bits per heavy atom. The Morgan fingerprint density at radius 2 is 2.24 bits per heavy atom. The van der Waals surface area contributed by atoms with Crippen LogP contribution in [0.5, 0.6) is 0 Å². The highest BCUT2D eigenvalue weighted by molar-refractivity contribution is 5.29. The SMILES string of the molecule is CCNC1CCCCc2cn(COCC)cc21. The molecule has 0 aliphatic heterocycles. The fraction of sp³-hybridized carbons (Fsp3) is 0.714. The first-order chi connectivity index (χ1) is 8.35. The lowest BCUT2D eigenvalue weighted by atomic mass is 10.0. The van der Waals surface area contributed by atoms with Gasteiger partial charge in [0.1, 0.15) is 6.73 Å². The molecule has 1 aliphatic carbocycles. The van der Waals surface area contributed by atoms with Crippen molar-refractivity contribution in [2.45, 2.75) is 52.3 Å². The van der Waals surface area contributed by atoms with E-state index < -0.39 is 0 Å². The molecule has 1 aromatic heterocycles. The number of aromatic nitrogens is 1. The standard InChI is InChI=1S/C14H24N2O/c1-3-15-14-8-6-5-7-12-9-16(10-13(12)14)11-17-4-2/h9-10,14-15H,3-8,11H2,1-2H3. The molecule has 0 saturated heterocycles. The van der Waals surface area contributed by atoms with Crippen LogP contribution in [-0.2, 0) is 17.9 Å². The first-order valence-electron chi connectivity index (χ1n) is 6.84. The third-order valence-corrected chi connectivity index (χ3v) is 3.46. The summed E-state index contributed by atoms with van der Waals surface area (Å²) in [5.74, 6) is 0. The first-order valence-corrected chi connectivity index (χ1v) is 6.84. The van der Waals surface area contributed by atoms with E-state index in [1.807, 2.05) is 6.92 Å². The van der Waals surface area contributed by atoms with E-state index in [-0.39, 0.29) is 0 Å². The van der Waals surface area contributed by atoms with Crippen molar-refractivity contribution in [3.63, 3.8) is 0 Å². The highest BCUT2D eigenvalue weighted by Crippen LogP contribution is 2.29. The van der Waals surface area contributed by atoms with Crippen molar-refractivity contribution in [2.75, 3.05) is 13.2 Å². The van der Waals surface area contributed by atoms with Gasteiger partial charge >= 0.3 is 0 Å². The summed E-state index contributed by atoms with van der Waals surface area (Å²) < 4.78 is 7.65. The third kappa shape index (κ3) is 3.11. The second-order valence-electron chi connectivity index (χ2n) is 4.73. The molecule has 0 amide bonds. The fourth-order valence-electron chi connectivity index (χ4n) is 2.65. The summed E-state index contributed by atoms with van der Waals surface area (Å²) >= 11 is 0. The van der Waals surface area contributed by atoms with Crippen molar-refractivity contribution in [1.29, 1.82) is 0 Å². The molecule has 1 unspecified atom stereocenters. The van der Waals surface area contributed by atoms with Gasteiger partial charge in [0.25, 0.3) is 0 Å². The summed E-state index contributed by atoms with van der Waals surface area (Å²) in [6, 6.07) is 0.542. The number of rotatable bonds is 5. The number of nitrogens with zero attached hydrogens (tertiary/aromatic N) is 1. The average molecular weight is 236 g/mol. The predicted molar refractivity (Wildman–Crippen MR) is 70.0 cm³/mol. The van der Waals surface area contributed by atoms with Crippen LogP contribution in [0.15, 0.2) is 12.4 Å². The first kappa shape index (κ1) is 12.7. The van der Waals surface area contributed by atoms with E-state index in [2.05, 4.69) is 29.2 Å². The van der Waals surface area contributed by atoms with Crippen molar-refractivity contribution >= 4 is 0 Å². The van der Waals surface area contributed by atoms with Crippen LogP contribution in [0.25, 0.3) is 0 Å². The van der Waals surface area contributed by atoms with Gasteiger partial charge in [-0.1, -0.05) is 13.3 Å². The van der Waals surface area contributed by atoms with Gasteiger partial charge in [-0.05, 0) is 43.9 Å². The second kappa shape index (κ2) is 6.22. The lowest BCUT2D eigenvalue weighted by molar-refractivity contribution is 0.0879. The van der Waals surface area contributed by atoms with Crippen LogP contribution < -0.4 is 5.32 Å². The van der Waals surface area contributed by atoms with E-state index in [4.69, 9.17) is 4.74 Å². The minimum Gasteiger partial charge on any atom is -0.361 e. The van der Waals surface area contributed by atoms with Crippen LogP contribution in [0.3, 0.4) is 0 Å². The molecule has 0 bridgehead atoms. The summed E-state index contributed by atoms with van der Waals surface area (Å²) in [4.78, 5) is 0. The molecule has 0 aromatic carbocycles. The molecule has 0 spiro atoms. The highest BCUT2D eigenvalue weighted by atomic mass is 16.5. The Kier molecular flexibility index (Phi) is 4.63. The van der Waals surface area contributed by atoms with Crippen LogP contribution in [0.2, 0.25) is 0 Å². The van der Waals surface area contributed by atoms with Crippen LogP contribution in [-0.4, -0.2) is 17.7 Å². The molecule has 17 heavy (non-hydrogen) atoms. The molecule has 2 rings (SSSR count). The summed E-state index contributed by atoms with van der Waals surface area (Å²) in [6.07, 6.45) is 9.66. The summed E-state index contributed by atoms with van der Waals surface area (Å²) in [7, 11) is 0. The van der Waals surface area contributed by atoms with Gasteiger partial charge < -0.3 is 14.6 Å². The number of nitrogens with one attached hydrogen (secondary N) is 1. The van der Waals surface area contributed by atoms with E-state index >= 15 is 0 Å². The molecule has 1 heterocycles. The van der Waals surface area contributed by atoms with Crippen molar-refractivity contribution < 1.29 is 4.74 Å². The van der Waals surface area contributed by atoms with Gasteiger partial charge in [0.2, 0.25) is 0 Å². The quantitative estimate of drug-likeness (QED) is 0.796. The Morgan fingerprint density at radius 1 is 1.35 bits per heavy atom. The zero-order valence-corrected chi connectivity index (χ0v) is 11.0. The number of aryl methyl sites for hydroxylation is 1. The Bertz CT molecular complexity index is 346. The van der Waals surface area contributed by atoms with Crippen molar-refractivity contribution in [1.82, 2.24) is 9.88 Å². The predicted octanol–water partition coefficient (Wildman–Crippen LogP) is 2.86. The monoisotopic (exact) mass is 236 g/mol. The van der Waals surface area contributed by atoms with Gasteiger partial charge in [0.15, 0.2) is 0 Å². The van der Waals surface area contributed by atoms with E-state index in [1.54, 1.807) is 0 Å². The van der Waals surface area contributed by atoms with Gasteiger partial charge in [0.05, 0.1) is 0 Å². The second-order valence-corrected chi connectivity index (χ2v) is 4.73.